The zero-order valence-corrected chi connectivity index (χ0v) is 10.2. The molecule has 0 aliphatic heterocycles. The van der Waals surface area contributed by atoms with Crippen molar-refractivity contribution in [2.45, 2.75) is 31.2 Å². The first-order valence-electron chi connectivity index (χ1n) is 6.09. The molecule has 1 amide bonds. The highest BCUT2D eigenvalue weighted by atomic mass is 19.1. The van der Waals surface area contributed by atoms with Crippen LogP contribution in [-0.4, -0.2) is 28.3 Å². The number of aromatic hydroxyl groups is 1. The van der Waals surface area contributed by atoms with E-state index in [9.17, 15) is 18.7 Å². The molecule has 0 heterocycles. The van der Waals surface area contributed by atoms with Crippen molar-refractivity contribution in [3.05, 3.63) is 29.3 Å². The lowest BCUT2D eigenvalue weighted by Gasteiger charge is -2.42. The molecule has 4 nitrogen and oxygen atoms in total. The number of rotatable bonds is 4. The van der Waals surface area contributed by atoms with Gasteiger partial charge in [0, 0.05) is 24.3 Å². The van der Waals surface area contributed by atoms with Crippen LogP contribution in [0, 0.1) is 11.6 Å². The minimum Gasteiger partial charge on any atom is -0.507 e. The number of carbonyl (C=O) groups excluding carboxylic acids is 1. The Morgan fingerprint density at radius 2 is 2.05 bits per heavy atom. The van der Waals surface area contributed by atoms with E-state index >= 15 is 0 Å². The van der Waals surface area contributed by atoms with Crippen LogP contribution in [-0.2, 0) is 0 Å². The van der Waals surface area contributed by atoms with Gasteiger partial charge in [-0.25, -0.2) is 8.78 Å². The number of benzene rings is 1. The van der Waals surface area contributed by atoms with E-state index in [0.717, 1.165) is 6.42 Å². The van der Waals surface area contributed by atoms with Gasteiger partial charge in [-0.2, -0.15) is 0 Å². The van der Waals surface area contributed by atoms with Gasteiger partial charge in [-0.1, -0.05) is 0 Å². The Kier molecular flexibility index (Phi) is 3.71. The van der Waals surface area contributed by atoms with E-state index < -0.39 is 34.4 Å². The third-order valence-electron chi connectivity index (χ3n) is 3.54. The molecule has 1 aliphatic rings. The summed E-state index contributed by atoms with van der Waals surface area (Å²) >= 11 is 0. The van der Waals surface area contributed by atoms with E-state index in [2.05, 4.69) is 5.32 Å². The molecule has 1 fully saturated rings. The molecule has 0 unspecified atom stereocenters. The topological polar surface area (TPSA) is 69.6 Å². The zero-order valence-electron chi connectivity index (χ0n) is 10.2. The molecule has 0 aromatic heterocycles. The minimum absolute atomic E-state index is 0.0852. The van der Waals surface area contributed by atoms with Crippen LogP contribution < -0.4 is 5.32 Å². The molecule has 1 saturated carbocycles. The number of phenolic OH excluding ortho intramolecular Hbond substituents is 1. The molecule has 104 valence electrons. The number of hydrogen-bond donors (Lipinski definition) is 3. The Morgan fingerprint density at radius 1 is 1.37 bits per heavy atom. The number of phenols is 1. The summed E-state index contributed by atoms with van der Waals surface area (Å²) in [6.07, 6.45) is 2.69. The fourth-order valence-electron chi connectivity index (χ4n) is 2.34. The van der Waals surface area contributed by atoms with Gasteiger partial charge < -0.3 is 15.5 Å². The number of amides is 1. The van der Waals surface area contributed by atoms with Gasteiger partial charge in [-0.15, -0.1) is 0 Å². The largest absolute Gasteiger partial charge is 0.507 e. The number of halogens is 2. The highest BCUT2D eigenvalue weighted by Crippen LogP contribution is 2.35. The van der Waals surface area contributed by atoms with Crippen LogP contribution in [0.15, 0.2) is 12.1 Å². The van der Waals surface area contributed by atoms with Gasteiger partial charge in [0.1, 0.15) is 22.9 Å². The van der Waals surface area contributed by atoms with E-state index in [0.29, 0.717) is 31.4 Å². The van der Waals surface area contributed by atoms with Gasteiger partial charge >= 0.3 is 0 Å². The second kappa shape index (κ2) is 5.13. The van der Waals surface area contributed by atoms with Gasteiger partial charge in [-0.3, -0.25) is 4.79 Å². The van der Waals surface area contributed by atoms with Crippen molar-refractivity contribution in [3.63, 3.8) is 0 Å². The third-order valence-corrected chi connectivity index (χ3v) is 3.54. The Hall–Kier alpha value is -1.69. The molecule has 6 heteroatoms. The molecule has 0 saturated heterocycles. The molecular weight excluding hydrogens is 256 g/mol. The summed E-state index contributed by atoms with van der Waals surface area (Å²) in [5.74, 6) is -3.56. The maximum atomic E-state index is 13.5. The normalized spacial score (nSPS) is 16.8. The van der Waals surface area contributed by atoms with Crippen molar-refractivity contribution in [1.29, 1.82) is 0 Å². The van der Waals surface area contributed by atoms with Crippen LogP contribution in [0.4, 0.5) is 8.78 Å². The molecule has 0 radical (unpaired) electrons. The van der Waals surface area contributed by atoms with Crippen LogP contribution in [0.2, 0.25) is 0 Å². The second-order valence-electron chi connectivity index (χ2n) is 4.84. The van der Waals surface area contributed by atoms with Gasteiger partial charge in [0.05, 0.1) is 0 Å². The maximum Gasteiger partial charge on any atom is 0.258 e. The molecule has 1 aromatic rings. The maximum absolute atomic E-state index is 13.5. The third kappa shape index (κ3) is 2.68. The average molecular weight is 271 g/mol. The average Bonchev–Trinajstić information content (AvgIpc) is 2.24. The highest BCUT2D eigenvalue weighted by molar-refractivity contribution is 5.97. The smallest absolute Gasteiger partial charge is 0.258 e. The molecule has 19 heavy (non-hydrogen) atoms. The number of hydrogen-bond acceptors (Lipinski definition) is 3. The van der Waals surface area contributed by atoms with Gasteiger partial charge in [0.2, 0.25) is 0 Å². The summed E-state index contributed by atoms with van der Waals surface area (Å²) in [6.45, 7) is -0.0852. The Morgan fingerprint density at radius 3 is 2.53 bits per heavy atom. The molecule has 0 atom stereocenters. The number of carbonyl (C=O) groups is 1. The predicted molar refractivity (Wildman–Crippen MR) is 63.8 cm³/mol. The number of nitrogens with one attached hydrogen (secondary N) is 1. The van der Waals surface area contributed by atoms with Crippen LogP contribution in [0.5, 0.6) is 5.75 Å². The first-order chi connectivity index (χ1) is 8.97. The predicted octanol–water partition coefficient (Wildman–Crippen LogP) is 1.71. The summed E-state index contributed by atoms with van der Waals surface area (Å²) in [4.78, 5) is 12.0. The summed E-state index contributed by atoms with van der Waals surface area (Å²) in [6, 6.07) is 1.24. The van der Waals surface area contributed by atoms with Crippen LogP contribution in [0.25, 0.3) is 0 Å². The van der Waals surface area contributed by atoms with Crippen molar-refractivity contribution in [2.24, 2.45) is 0 Å². The summed E-state index contributed by atoms with van der Waals surface area (Å²) < 4.78 is 26.4. The Balaban J connectivity index is 2.21. The second-order valence-corrected chi connectivity index (χ2v) is 4.84. The first-order valence-corrected chi connectivity index (χ1v) is 6.09. The van der Waals surface area contributed by atoms with Crippen molar-refractivity contribution in [2.75, 3.05) is 6.61 Å². The van der Waals surface area contributed by atoms with Crippen LogP contribution >= 0.6 is 0 Å². The lowest BCUT2D eigenvalue weighted by molar-refractivity contribution is 0.0765. The molecular formula is C13H15F2NO3. The van der Waals surface area contributed by atoms with E-state index in [1.165, 1.54) is 0 Å². The van der Waals surface area contributed by atoms with Crippen LogP contribution in [0.1, 0.15) is 36.0 Å². The minimum atomic E-state index is -1.10. The van der Waals surface area contributed by atoms with Crippen LogP contribution in [0.3, 0.4) is 0 Å². The van der Waals surface area contributed by atoms with Crippen molar-refractivity contribution in [3.8, 4) is 5.75 Å². The summed E-state index contributed by atoms with van der Waals surface area (Å²) in [5, 5.41) is 21.1. The van der Waals surface area contributed by atoms with Gasteiger partial charge in [-0.05, 0) is 25.7 Å². The fraction of sp³-hybridized carbons (Fsp3) is 0.462. The summed E-state index contributed by atoms with van der Waals surface area (Å²) in [7, 11) is 0. The quantitative estimate of drug-likeness (QED) is 0.780. The standard InChI is InChI=1S/C13H15F2NO3/c14-8-6-9(15)11(10(18)7-8)12(19)16-13(4-5-17)2-1-3-13/h6-7,17-18H,1-5H2,(H,16,19). The highest BCUT2D eigenvalue weighted by Gasteiger charge is 2.38. The lowest BCUT2D eigenvalue weighted by Crippen LogP contribution is -2.54. The zero-order chi connectivity index (χ0) is 14.0. The van der Waals surface area contributed by atoms with E-state index in [1.807, 2.05) is 0 Å². The monoisotopic (exact) mass is 271 g/mol. The van der Waals surface area contributed by atoms with Gasteiger partial charge in [0.15, 0.2) is 0 Å². The molecule has 3 N–H and O–H groups in total. The fourth-order valence-corrected chi connectivity index (χ4v) is 2.34. The first kappa shape index (κ1) is 13.7. The summed E-state index contributed by atoms with van der Waals surface area (Å²) in [5.41, 5.74) is -1.11. The van der Waals surface area contributed by atoms with Gasteiger partial charge in [0.25, 0.3) is 5.91 Å². The van der Waals surface area contributed by atoms with E-state index in [4.69, 9.17) is 5.11 Å². The Labute approximate surface area is 109 Å². The van der Waals surface area contributed by atoms with Crippen molar-refractivity contribution < 1.29 is 23.8 Å². The lowest BCUT2D eigenvalue weighted by atomic mass is 9.74. The molecule has 1 aromatic carbocycles. The Bertz CT molecular complexity index is 478. The SMILES string of the molecule is O=C(NC1(CCO)CCC1)c1c(O)cc(F)cc1F. The van der Waals surface area contributed by atoms with Crippen molar-refractivity contribution in [1.82, 2.24) is 5.32 Å². The van der Waals surface area contributed by atoms with Crippen molar-refractivity contribution >= 4 is 5.91 Å². The molecule has 0 spiro atoms. The molecule has 0 bridgehead atoms. The van der Waals surface area contributed by atoms with E-state index in [-0.39, 0.29) is 6.61 Å². The van der Waals surface area contributed by atoms with E-state index in [1.54, 1.807) is 0 Å². The molecule has 1 aliphatic carbocycles. The molecule has 2 rings (SSSR count). The number of aliphatic hydroxyl groups is 1. The number of aliphatic hydroxyl groups excluding tert-OH is 1.